The summed E-state index contributed by atoms with van der Waals surface area (Å²) in [5, 5.41) is 0. The topological polar surface area (TPSA) is 54.0 Å². The minimum Gasteiger partial charge on any atom is -0.432 e. The molecule has 5 heteroatoms. The summed E-state index contributed by atoms with van der Waals surface area (Å²) in [6.45, 7) is 11.8. The second kappa shape index (κ2) is 9.16. The lowest BCUT2D eigenvalue weighted by molar-refractivity contribution is -0.0517. The van der Waals surface area contributed by atoms with E-state index in [2.05, 4.69) is 0 Å². The Bertz CT molecular complexity index is 205. The lowest BCUT2D eigenvalue weighted by Crippen LogP contribution is -2.25. The van der Waals surface area contributed by atoms with E-state index in [0.717, 1.165) is 0 Å². The lowest BCUT2D eigenvalue weighted by Gasteiger charge is -2.17. The van der Waals surface area contributed by atoms with Crippen molar-refractivity contribution >= 4 is 6.16 Å². The predicted molar refractivity (Wildman–Crippen MR) is 68.7 cm³/mol. The molecule has 0 amide bonds. The third kappa shape index (κ3) is 10.4. The summed E-state index contributed by atoms with van der Waals surface area (Å²) < 4.78 is 20.7. The fourth-order valence-corrected chi connectivity index (χ4v) is 1.42. The third-order valence-corrected chi connectivity index (χ3v) is 1.88. The second-order valence-corrected chi connectivity index (χ2v) is 4.86. The summed E-state index contributed by atoms with van der Waals surface area (Å²) in [7, 11) is 0. The first-order valence-electron chi connectivity index (χ1n) is 6.41. The average molecular weight is 262 g/mol. The number of carbonyl (C=O) groups is 1. The van der Waals surface area contributed by atoms with Gasteiger partial charge in [-0.05, 0) is 41.5 Å². The summed E-state index contributed by atoms with van der Waals surface area (Å²) in [6, 6.07) is 0. The van der Waals surface area contributed by atoms with E-state index in [9.17, 15) is 4.79 Å². The molecule has 0 aliphatic heterocycles. The van der Waals surface area contributed by atoms with E-state index in [1.54, 1.807) is 0 Å². The number of carbonyl (C=O) groups excluding carboxylic acids is 1. The van der Waals surface area contributed by atoms with Crippen molar-refractivity contribution in [3.63, 3.8) is 0 Å². The molecule has 0 aliphatic rings. The van der Waals surface area contributed by atoms with Crippen LogP contribution in [0.4, 0.5) is 4.79 Å². The van der Waals surface area contributed by atoms with Gasteiger partial charge in [0.2, 0.25) is 0 Å². The maximum atomic E-state index is 11.3. The Morgan fingerprint density at radius 3 is 1.39 bits per heavy atom. The zero-order valence-electron chi connectivity index (χ0n) is 12.3. The van der Waals surface area contributed by atoms with Gasteiger partial charge in [0.1, 0.15) is 13.2 Å². The zero-order valence-corrected chi connectivity index (χ0v) is 12.3. The summed E-state index contributed by atoms with van der Waals surface area (Å²) in [5.74, 6) is 0. The normalized spacial score (nSPS) is 14.7. The SMILES string of the molecule is CC(C)OC(C)COC(=O)OCC(C)OC(C)C. The van der Waals surface area contributed by atoms with Gasteiger partial charge in [-0.2, -0.15) is 0 Å². The molecule has 0 heterocycles. The fraction of sp³-hybridized carbons (Fsp3) is 0.923. The number of hydrogen-bond acceptors (Lipinski definition) is 5. The summed E-state index contributed by atoms with van der Waals surface area (Å²) in [4.78, 5) is 11.3. The molecule has 0 aromatic rings. The molecule has 2 atom stereocenters. The van der Waals surface area contributed by atoms with Gasteiger partial charge in [0.15, 0.2) is 0 Å². The van der Waals surface area contributed by atoms with Crippen LogP contribution in [0.5, 0.6) is 0 Å². The Labute approximate surface area is 110 Å². The number of rotatable bonds is 8. The molecule has 0 bridgehead atoms. The van der Waals surface area contributed by atoms with Gasteiger partial charge >= 0.3 is 6.16 Å². The van der Waals surface area contributed by atoms with Crippen LogP contribution >= 0.6 is 0 Å². The predicted octanol–water partition coefficient (Wildman–Crippen LogP) is 2.77. The van der Waals surface area contributed by atoms with Gasteiger partial charge < -0.3 is 18.9 Å². The van der Waals surface area contributed by atoms with Crippen LogP contribution in [-0.2, 0) is 18.9 Å². The van der Waals surface area contributed by atoms with E-state index >= 15 is 0 Å². The highest BCUT2D eigenvalue weighted by atomic mass is 16.7. The quantitative estimate of drug-likeness (QED) is 0.630. The molecule has 0 fully saturated rings. The molecule has 0 saturated carbocycles. The molecule has 0 aromatic heterocycles. The molecular formula is C13H26O5. The van der Waals surface area contributed by atoms with Gasteiger partial charge in [0.05, 0.1) is 24.4 Å². The van der Waals surface area contributed by atoms with Crippen LogP contribution in [0.15, 0.2) is 0 Å². The maximum absolute atomic E-state index is 11.3. The van der Waals surface area contributed by atoms with Gasteiger partial charge in [-0.15, -0.1) is 0 Å². The standard InChI is InChI=1S/C13H26O5/c1-9(2)17-11(5)7-15-13(14)16-8-12(6)18-10(3)4/h9-12H,7-8H2,1-6H3. The maximum Gasteiger partial charge on any atom is 0.508 e. The van der Waals surface area contributed by atoms with Gasteiger partial charge in [0, 0.05) is 0 Å². The lowest BCUT2D eigenvalue weighted by atomic mass is 10.4. The van der Waals surface area contributed by atoms with Crippen LogP contribution < -0.4 is 0 Å². The molecule has 0 aromatic carbocycles. The number of hydrogen-bond donors (Lipinski definition) is 0. The van der Waals surface area contributed by atoms with Gasteiger partial charge in [-0.3, -0.25) is 0 Å². The molecule has 0 aliphatic carbocycles. The van der Waals surface area contributed by atoms with Gasteiger partial charge in [-0.25, -0.2) is 4.79 Å². The highest BCUT2D eigenvalue weighted by Gasteiger charge is 2.12. The zero-order chi connectivity index (χ0) is 14.1. The first-order chi connectivity index (χ1) is 8.31. The molecule has 0 spiro atoms. The van der Waals surface area contributed by atoms with E-state index in [1.165, 1.54) is 0 Å². The van der Waals surface area contributed by atoms with Crippen LogP contribution in [0.2, 0.25) is 0 Å². The largest absolute Gasteiger partial charge is 0.508 e. The molecular weight excluding hydrogens is 236 g/mol. The van der Waals surface area contributed by atoms with Crippen molar-refractivity contribution in [2.24, 2.45) is 0 Å². The van der Waals surface area contributed by atoms with Crippen molar-refractivity contribution in [1.82, 2.24) is 0 Å². The average Bonchev–Trinajstić information content (AvgIpc) is 2.21. The molecule has 0 rings (SSSR count). The van der Waals surface area contributed by atoms with Crippen LogP contribution in [0, 0.1) is 0 Å². The smallest absolute Gasteiger partial charge is 0.432 e. The van der Waals surface area contributed by atoms with E-state index in [-0.39, 0.29) is 37.6 Å². The Morgan fingerprint density at radius 2 is 1.11 bits per heavy atom. The second-order valence-electron chi connectivity index (χ2n) is 4.86. The Morgan fingerprint density at radius 1 is 0.778 bits per heavy atom. The molecule has 0 radical (unpaired) electrons. The molecule has 0 saturated heterocycles. The molecule has 5 nitrogen and oxygen atoms in total. The van der Waals surface area contributed by atoms with E-state index < -0.39 is 6.16 Å². The summed E-state index contributed by atoms with van der Waals surface area (Å²) in [5.41, 5.74) is 0. The molecule has 2 unspecified atom stereocenters. The Hall–Kier alpha value is -0.810. The van der Waals surface area contributed by atoms with Gasteiger partial charge in [-0.1, -0.05) is 0 Å². The molecule has 18 heavy (non-hydrogen) atoms. The van der Waals surface area contributed by atoms with Crippen molar-refractivity contribution < 1.29 is 23.7 Å². The van der Waals surface area contributed by atoms with Crippen LogP contribution in [-0.4, -0.2) is 43.8 Å². The first-order valence-corrected chi connectivity index (χ1v) is 6.41. The molecule has 0 N–H and O–H groups in total. The van der Waals surface area contributed by atoms with Crippen molar-refractivity contribution in [1.29, 1.82) is 0 Å². The van der Waals surface area contributed by atoms with E-state index in [4.69, 9.17) is 18.9 Å². The Balaban J connectivity index is 3.65. The van der Waals surface area contributed by atoms with Crippen LogP contribution in [0.1, 0.15) is 41.5 Å². The van der Waals surface area contributed by atoms with Crippen molar-refractivity contribution in [3.05, 3.63) is 0 Å². The van der Waals surface area contributed by atoms with Crippen LogP contribution in [0.25, 0.3) is 0 Å². The van der Waals surface area contributed by atoms with Crippen molar-refractivity contribution in [3.8, 4) is 0 Å². The Kier molecular flexibility index (Phi) is 8.75. The first kappa shape index (κ1) is 17.2. The minimum absolute atomic E-state index is 0.110. The fourth-order valence-electron chi connectivity index (χ4n) is 1.42. The highest BCUT2D eigenvalue weighted by molar-refractivity contribution is 5.59. The summed E-state index contributed by atoms with van der Waals surface area (Å²) in [6.07, 6.45) is -0.740. The van der Waals surface area contributed by atoms with E-state index in [1.807, 2.05) is 41.5 Å². The minimum atomic E-state index is -0.687. The van der Waals surface area contributed by atoms with Crippen molar-refractivity contribution in [2.45, 2.75) is 66.0 Å². The summed E-state index contributed by atoms with van der Waals surface area (Å²) >= 11 is 0. The van der Waals surface area contributed by atoms with Gasteiger partial charge in [0.25, 0.3) is 0 Å². The third-order valence-electron chi connectivity index (χ3n) is 1.88. The van der Waals surface area contributed by atoms with E-state index in [0.29, 0.717) is 0 Å². The highest BCUT2D eigenvalue weighted by Crippen LogP contribution is 2.01. The number of ether oxygens (including phenoxy) is 4. The molecule has 108 valence electrons. The van der Waals surface area contributed by atoms with Crippen molar-refractivity contribution in [2.75, 3.05) is 13.2 Å². The monoisotopic (exact) mass is 262 g/mol. The van der Waals surface area contributed by atoms with Crippen LogP contribution in [0.3, 0.4) is 0 Å².